The molecule has 1 aliphatic rings. The topological polar surface area (TPSA) is 28.3 Å². The first-order chi connectivity index (χ1) is 9.31. The first kappa shape index (κ1) is 12.4. The molecule has 0 radical (unpaired) electrons. The second kappa shape index (κ2) is 5.55. The van der Waals surface area contributed by atoms with Gasteiger partial charge in [-0.25, -0.2) is 4.39 Å². The molecule has 0 saturated carbocycles. The molecule has 1 aliphatic heterocycles. The van der Waals surface area contributed by atoms with Crippen LogP contribution >= 0.6 is 0 Å². The number of H-pyrrole nitrogens is 1. The highest BCUT2D eigenvalue weighted by Crippen LogP contribution is 2.19. The van der Waals surface area contributed by atoms with Crippen LogP contribution in [0.5, 0.6) is 0 Å². The fourth-order valence-corrected chi connectivity index (χ4v) is 2.33. The van der Waals surface area contributed by atoms with Crippen molar-refractivity contribution in [2.45, 2.75) is 6.54 Å². The molecular weight excluding hydrogens is 243 g/mol. The summed E-state index contributed by atoms with van der Waals surface area (Å²) in [6, 6.07) is 10.7. The highest BCUT2D eigenvalue weighted by atomic mass is 19.1. The predicted molar refractivity (Wildman–Crippen MR) is 72.3 cm³/mol. The summed E-state index contributed by atoms with van der Waals surface area (Å²) >= 11 is 0. The molecule has 1 saturated heterocycles. The lowest BCUT2D eigenvalue weighted by molar-refractivity contribution is 0.0337. The van der Waals surface area contributed by atoms with Gasteiger partial charge in [0, 0.05) is 31.0 Å². The fourth-order valence-electron chi connectivity index (χ4n) is 2.33. The second-order valence-corrected chi connectivity index (χ2v) is 4.79. The van der Waals surface area contributed by atoms with Crippen molar-refractivity contribution >= 4 is 0 Å². The molecule has 3 nitrogen and oxygen atoms in total. The molecule has 100 valence electrons. The van der Waals surface area contributed by atoms with Crippen LogP contribution in [-0.2, 0) is 11.3 Å². The first-order valence-corrected chi connectivity index (χ1v) is 6.55. The maximum absolute atomic E-state index is 12.9. The smallest absolute Gasteiger partial charge is 0.123 e. The van der Waals surface area contributed by atoms with Crippen LogP contribution in [0.25, 0.3) is 11.3 Å². The molecule has 19 heavy (non-hydrogen) atoms. The lowest BCUT2D eigenvalue weighted by Crippen LogP contribution is -2.35. The van der Waals surface area contributed by atoms with Gasteiger partial charge in [-0.3, -0.25) is 4.90 Å². The van der Waals surface area contributed by atoms with E-state index in [0.717, 1.165) is 44.1 Å². The fraction of sp³-hybridized carbons (Fsp3) is 0.333. The van der Waals surface area contributed by atoms with Gasteiger partial charge in [0.25, 0.3) is 0 Å². The van der Waals surface area contributed by atoms with Gasteiger partial charge in [-0.2, -0.15) is 0 Å². The normalized spacial score (nSPS) is 16.7. The van der Waals surface area contributed by atoms with E-state index in [9.17, 15) is 4.39 Å². The lowest BCUT2D eigenvalue weighted by atomic mass is 10.1. The zero-order valence-electron chi connectivity index (χ0n) is 10.7. The monoisotopic (exact) mass is 260 g/mol. The summed E-state index contributed by atoms with van der Waals surface area (Å²) in [6.45, 7) is 4.48. The van der Waals surface area contributed by atoms with Crippen molar-refractivity contribution in [1.29, 1.82) is 0 Å². The Morgan fingerprint density at radius 3 is 2.53 bits per heavy atom. The van der Waals surface area contributed by atoms with Gasteiger partial charge in [0.05, 0.1) is 13.2 Å². The van der Waals surface area contributed by atoms with E-state index in [2.05, 4.69) is 16.0 Å². The molecule has 0 atom stereocenters. The third kappa shape index (κ3) is 3.03. The summed E-state index contributed by atoms with van der Waals surface area (Å²) < 4.78 is 18.2. The molecule has 4 heteroatoms. The number of halogens is 1. The van der Waals surface area contributed by atoms with Crippen molar-refractivity contribution < 1.29 is 9.13 Å². The number of aromatic nitrogens is 1. The molecule has 0 bridgehead atoms. The third-order valence-electron chi connectivity index (χ3n) is 3.40. The second-order valence-electron chi connectivity index (χ2n) is 4.79. The average Bonchev–Trinajstić information content (AvgIpc) is 2.89. The van der Waals surface area contributed by atoms with Crippen LogP contribution in [-0.4, -0.2) is 36.2 Å². The van der Waals surface area contributed by atoms with Crippen LogP contribution < -0.4 is 0 Å². The van der Waals surface area contributed by atoms with E-state index in [-0.39, 0.29) is 5.82 Å². The van der Waals surface area contributed by atoms with Gasteiger partial charge >= 0.3 is 0 Å². The molecule has 1 aromatic carbocycles. The van der Waals surface area contributed by atoms with Gasteiger partial charge in [-0.15, -0.1) is 0 Å². The number of aromatic amines is 1. The number of hydrogen-bond acceptors (Lipinski definition) is 2. The van der Waals surface area contributed by atoms with Crippen molar-refractivity contribution in [2.24, 2.45) is 0 Å². The minimum absolute atomic E-state index is 0.205. The number of hydrogen-bond donors (Lipinski definition) is 1. The summed E-state index contributed by atoms with van der Waals surface area (Å²) in [6.07, 6.45) is 0. The highest BCUT2D eigenvalue weighted by Gasteiger charge is 2.11. The number of nitrogens with one attached hydrogen (secondary N) is 1. The predicted octanol–water partition coefficient (Wildman–Crippen LogP) is 2.65. The third-order valence-corrected chi connectivity index (χ3v) is 3.40. The zero-order valence-corrected chi connectivity index (χ0v) is 10.7. The molecule has 0 amide bonds. The lowest BCUT2D eigenvalue weighted by Gasteiger charge is -2.25. The summed E-state index contributed by atoms with van der Waals surface area (Å²) in [4.78, 5) is 5.76. The molecule has 2 heterocycles. The Kier molecular flexibility index (Phi) is 3.62. The molecule has 1 fully saturated rings. The van der Waals surface area contributed by atoms with E-state index in [4.69, 9.17) is 4.74 Å². The van der Waals surface area contributed by atoms with Gasteiger partial charge < -0.3 is 9.72 Å². The van der Waals surface area contributed by atoms with Gasteiger partial charge in [0.1, 0.15) is 5.82 Å². The molecule has 3 rings (SSSR count). The molecule has 2 aromatic rings. The molecule has 1 N–H and O–H groups in total. The van der Waals surface area contributed by atoms with Crippen LogP contribution in [0.1, 0.15) is 5.69 Å². The Labute approximate surface area is 112 Å². The van der Waals surface area contributed by atoms with Crippen molar-refractivity contribution in [3.05, 3.63) is 47.9 Å². The quantitative estimate of drug-likeness (QED) is 0.919. The largest absolute Gasteiger partial charge is 0.379 e. The van der Waals surface area contributed by atoms with Crippen LogP contribution in [0.3, 0.4) is 0 Å². The summed E-state index contributed by atoms with van der Waals surface area (Å²) in [5.41, 5.74) is 3.22. The number of morpholine rings is 1. The van der Waals surface area contributed by atoms with Crippen LogP contribution in [0.4, 0.5) is 4.39 Å². The van der Waals surface area contributed by atoms with Crippen molar-refractivity contribution in [3.63, 3.8) is 0 Å². The maximum Gasteiger partial charge on any atom is 0.123 e. The van der Waals surface area contributed by atoms with Gasteiger partial charge in [-0.1, -0.05) is 0 Å². The van der Waals surface area contributed by atoms with E-state index < -0.39 is 0 Å². The molecular formula is C15H17FN2O. The van der Waals surface area contributed by atoms with Gasteiger partial charge in [0.2, 0.25) is 0 Å². The summed E-state index contributed by atoms with van der Waals surface area (Å²) in [7, 11) is 0. The number of benzene rings is 1. The Morgan fingerprint density at radius 2 is 1.79 bits per heavy atom. The molecule has 1 aromatic heterocycles. The van der Waals surface area contributed by atoms with Crippen LogP contribution in [0.15, 0.2) is 36.4 Å². The Hall–Kier alpha value is -1.65. The van der Waals surface area contributed by atoms with Gasteiger partial charge in [0.15, 0.2) is 0 Å². The van der Waals surface area contributed by atoms with E-state index >= 15 is 0 Å². The first-order valence-electron chi connectivity index (χ1n) is 6.55. The summed E-state index contributed by atoms with van der Waals surface area (Å²) in [5, 5.41) is 0. The number of rotatable bonds is 3. The maximum atomic E-state index is 12.9. The van der Waals surface area contributed by atoms with E-state index in [1.165, 1.54) is 17.8 Å². The Balaban J connectivity index is 1.70. The van der Waals surface area contributed by atoms with Gasteiger partial charge in [-0.05, 0) is 42.0 Å². The van der Waals surface area contributed by atoms with E-state index in [0.29, 0.717) is 0 Å². The van der Waals surface area contributed by atoms with E-state index in [1.807, 2.05) is 6.07 Å². The van der Waals surface area contributed by atoms with Crippen molar-refractivity contribution in [1.82, 2.24) is 9.88 Å². The highest BCUT2D eigenvalue weighted by molar-refractivity contribution is 5.59. The Morgan fingerprint density at radius 1 is 1.05 bits per heavy atom. The Bertz CT molecular complexity index is 529. The number of ether oxygens (including phenoxy) is 1. The average molecular weight is 260 g/mol. The van der Waals surface area contributed by atoms with E-state index in [1.54, 1.807) is 12.1 Å². The molecule has 0 unspecified atom stereocenters. The summed E-state index contributed by atoms with van der Waals surface area (Å²) in [5.74, 6) is -0.205. The van der Waals surface area contributed by atoms with Crippen LogP contribution in [0.2, 0.25) is 0 Å². The SMILES string of the molecule is Fc1ccc(-c2ccc(CN3CCOCC3)[nH]2)cc1. The minimum Gasteiger partial charge on any atom is -0.379 e. The van der Waals surface area contributed by atoms with Crippen LogP contribution in [0, 0.1) is 5.82 Å². The minimum atomic E-state index is -0.205. The van der Waals surface area contributed by atoms with Crippen molar-refractivity contribution in [2.75, 3.05) is 26.3 Å². The number of nitrogens with zero attached hydrogens (tertiary/aromatic N) is 1. The van der Waals surface area contributed by atoms with Crippen molar-refractivity contribution in [3.8, 4) is 11.3 Å². The zero-order chi connectivity index (χ0) is 13.1. The molecule has 0 spiro atoms. The standard InChI is InChI=1S/C15H17FN2O/c16-13-3-1-12(2-4-13)15-6-5-14(17-15)11-18-7-9-19-10-8-18/h1-6,17H,7-11H2. The molecule has 0 aliphatic carbocycles.